The number of amides is 1. The number of hydrogen-bond donors (Lipinski definition) is 1. The van der Waals surface area contributed by atoms with Crippen LogP contribution in [0.4, 0.5) is 0 Å². The van der Waals surface area contributed by atoms with Gasteiger partial charge in [0, 0.05) is 24.7 Å². The van der Waals surface area contributed by atoms with Gasteiger partial charge in [-0.3, -0.25) is 4.79 Å². The average Bonchev–Trinajstić information content (AvgIpc) is 3.35. The summed E-state index contributed by atoms with van der Waals surface area (Å²) in [4.78, 5) is 22.6. The molecule has 1 aliphatic heterocycles. The number of likely N-dealkylation sites (tertiary alicyclic amines) is 1. The zero-order valence-corrected chi connectivity index (χ0v) is 15.4. The number of nitrogens with zero attached hydrogens (tertiary/aromatic N) is 4. The summed E-state index contributed by atoms with van der Waals surface area (Å²) in [5.74, 6) is 1.95. The van der Waals surface area contributed by atoms with E-state index in [1.54, 1.807) is 6.07 Å². The number of H-pyrrole nitrogens is 1. The second kappa shape index (κ2) is 5.97. The molecule has 2 aromatic rings. The molecule has 7 heteroatoms. The molecule has 2 atom stereocenters. The van der Waals surface area contributed by atoms with Gasteiger partial charge in [-0.2, -0.15) is 10.2 Å². The molecule has 1 saturated heterocycles. The third kappa shape index (κ3) is 2.44. The molecular weight excluding hydrogens is 330 g/mol. The molecule has 4 rings (SSSR count). The van der Waals surface area contributed by atoms with E-state index in [1.807, 2.05) is 25.7 Å². The number of nitrogens with one attached hydrogen (secondary N) is 1. The first-order chi connectivity index (χ1) is 12.4. The van der Waals surface area contributed by atoms with Gasteiger partial charge in [-0.15, -0.1) is 0 Å². The normalized spacial score (nSPS) is 24.9. The summed E-state index contributed by atoms with van der Waals surface area (Å²) in [6.45, 7) is 7.22. The molecule has 1 N–H and O–H groups in total. The van der Waals surface area contributed by atoms with E-state index in [0.717, 1.165) is 30.8 Å². The van der Waals surface area contributed by atoms with Gasteiger partial charge in [0.05, 0.1) is 11.0 Å². The van der Waals surface area contributed by atoms with Crippen molar-refractivity contribution in [2.75, 3.05) is 13.1 Å². The predicted octanol–water partition coefficient (Wildman–Crippen LogP) is 2.90. The third-order valence-corrected chi connectivity index (χ3v) is 5.91. The Morgan fingerprint density at radius 3 is 3.00 bits per heavy atom. The smallest absolute Gasteiger partial charge is 0.255 e. The van der Waals surface area contributed by atoms with Crippen LogP contribution in [-0.2, 0) is 5.41 Å². The Labute approximate surface area is 152 Å². The molecule has 1 saturated carbocycles. The number of carbonyl (C=O) groups is 1. The van der Waals surface area contributed by atoms with Gasteiger partial charge < -0.3 is 14.4 Å². The molecule has 2 aliphatic rings. The minimum atomic E-state index is -0.224. The third-order valence-electron chi connectivity index (χ3n) is 5.91. The molecule has 0 unspecified atom stereocenters. The molecule has 1 amide bonds. The van der Waals surface area contributed by atoms with Gasteiger partial charge in [-0.1, -0.05) is 25.4 Å². The van der Waals surface area contributed by atoms with Gasteiger partial charge in [-0.25, -0.2) is 0 Å². The van der Waals surface area contributed by atoms with Gasteiger partial charge in [0.15, 0.2) is 5.82 Å². The van der Waals surface area contributed by atoms with Crippen molar-refractivity contribution in [3.8, 4) is 6.07 Å². The summed E-state index contributed by atoms with van der Waals surface area (Å²) in [6, 6.07) is 3.70. The number of aryl methyl sites for hydroxylation is 1. The summed E-state index contributed by atoms with van der Waals surface area (Å²) in [5.41, 5.74) is 1.50. The molecule has 3 heterocycles. The van der Waals surface area contributed by atoms with Crippen LogP contribution in [0, 0.1) is 24.2 Å². The van der Waals surface area contributed by atoms with E-state index in [-0.39, 0.29) is 17.2 Å². The Hall–Kier alpha value is -2.62. The standard InChI is InChI=1S/C19H23N5O2/c1-11(2)16-22-18(26-23-16)19-6-4-5-13(19)9-24(10-19)17(25)15-7-14(8-20)21-12(15)3/h7,11,13,21H,4-6,9-10H2,1-3H3/t13-,19-/m0/s1. The van der Waals surface area contributed by atoms with Crippen molar-refractivity contribution >= 4 is 5.91 Å². The second-order valence-corrected chi connectivity index (χ2v) is 7.88. The van der Waals surface area contributed by atoms with E-state index in [9.17, 15) is 4.79 Å². The first-order valence-electron chi connectivity index (χ1n) is 9.17. The minimum Gasteiger partial charge on any atom is -0.350 e. The summed E-state index contributed by atoms with van der Waals surface area (Å²) in [6.07, 6.45) is 3.16. The quantitative estimate of drug-likeness (QED) is 0.915. The predicted molar refractivity (Wildman–Crippen MR) is 93.6 cm³/mol. The molecule has 2 aromatic heterocycles. The molecule has 136 valence electrons. The molecular formula is C19H23N5O2. The Morgan fingerprint density at radius 2 is 2.35 bits per heavy atom. The Morgan fingerprint density at radius 1 is 1.54 bits per heavy atom. The second-order valence-electron chi connectivity index (χ2n) is 7.88. The van der Waals surface area contributed by atoms with Crippen molar-refractivity contribution in [3.05, 3.63) is 34.7 Å². The van der Waals surface area contributed by atoms with Crippen molar-refractivity contribution in [1.29, 1.82) is 5.26 Å². The molecule has 0 bridgehead atoms. The SMILES string of the molecule is Cc1[nH]c(C#N)cc1C(=O)N1C[C@@H]2CCC[C@]2(c2nc(C(C)C)no2)C1. The van der Waals surface area contributed by atoms with Crippen LogP contribution in [0.2, 0.25) is 0 Å². The van der Waals surface area contributed by atoms with Gasteiger partial charge in [0.2, 0.25) is 5.89 Å². The van der Waals surface area contributed by atoms with Crippen LogP contribution in [0.5, 0.6) is 0 Å². The van der Waals surface area contributed by atoms with Crippen LogP contribution < -0.4 is 0 Å². The van der Waals surface area contributed by atoms with Crippen molar-refractivity contribution in [2.45, 2.75) is 51.4 Å². The van der Waals surface area contributed by atoms with Crippen LogP contribution in [0.1, 0.15) is 72.5 Å². The highest BCUT2D eigenvalue weighted by Crippen LogP contribution is 2.50. The Bertz CT molecular complexity index is 890. The molecule has 0 aromatic carbocycles. The highest BCUT2D eigenvalue weighted by atomic mass is 16.5. The number of aromatic amines is 1. The summed E-state index contributed by atoms with van der Waals surface area (Å²) in [7, 11) is 0. The maximum absolute atomic E-state index is 13.0. The lowest BCUT2D eigenvalue weighted by atomic mass is 9.80. The van der Waals surface area contributed by atoms with Crippen LogP contribution in [0.25, 0.3) is 0 Å². The number of carbonyl (C=O) groups excluding carboxylic acids is 1. The van der Waals surface area contributed by atoms with Crippen molar-refractivity contribution < 1.29 is 9.32 Å². The van der Waals surface area contributed by atoms with Crippen LogP contribution in [0.3, 0.4) is 0 Å². The topological polar surface area (TPSA) is 98.8 Å². The number of hydrogen-bond acceptors (Lipinski definition) is 5. The molecule has 0 spiro atoms. The molecule has 0 radical (unpaired) electrons. The summed E-state index contributed by atoms with van der Waals surface area (Å²) in [5, 5.41) is 13.2. The van der Waals surface area contributed by atoms with Crippen LogP contribution in [-0.4, -0.2) is 39.0 Å². The largest absolute Gasteiger partial charge is 0.350 e. The van der Waals surface area contributed by atoms with Crippen molar-refractivity contribution in [1.82, 2.24) is 20.0 Å². The van der Waals surface area contributed by atoms with Crippen molar-refractivity contribution in [2.24, 2.45) is 5.92 Å². The first kappa shape index (κ1) is 16.8. The Balaban J connectivity index is 1.63. The Kier molecular flexibility index (Phi) is 3.87. The lowest BCUT2D eigenvalue weighted by molar-refractivity contribution is 0.0774. The highest BCUT2D eigenvalue weighted by Gasteiger charge is 2.55. The maximum atomic E-state index is 13.0. The van der Waals surface area contributed by atoms with E-state index in [0.29, 0.717) is 36.2 Å². The fourth-order valence-electron chi connectivity index (χ4n) is 4.48. The number of rotatable bonds is 3. The highest BCUT2D eigenvalue weighted by molar-refractivity contribution is 5.96. The lowest BCUT2D eigenvalue weighted by Gasteiger charge is -2.24. The fraction of sp³-hybridized carbons (Fsp3) is 0.579. The zero-order chi connectivity index (χ0) is 18.5. The minimum absolute atomic E-state index is 0.0300. The van der Waals surface area contributed by atoms with Crippen molar-refractivity contribution in [3.63, 3.8) is 0 Å². The number of fused-ring (bicyclic) bond motifs is 1. The summed E-state index contributed by atoms with van der Waals surface area (Å²) < 4.78 is 5.65. The molecule has 1 aliphatic carbocycles. The number of aromatic nitrogens is 3. The van der Waals surface area contributed by atoms with Gasteiger partial charge in [0.25, 0.3) is 5.91 Å². The van der Waals surface area contributed by atoms with E-state index in [2.05, 4.69) is 21.2 Å². The van der Waals surface area contributed by atoms with Gasteiger partial charge in [0.1, 0.15) is 11.8 Å². The van der Waals surface area contributed by atoms with Gasteiger partial charge in [-0.05, 0) is 31.7 Å². The maximum Gasteiger partial charge on any atom is 0.255 e. The monoisotopic (exact) mass is 353 g/mol. The van der Waals surface area contributed by atoms with Crippen LogP contribution >= 0.6 is 0 Å². The van der Waals surface area contributed by atoms with Crippen LogP contribution in [0.15, 0.2) is 10.6 Å². The molecule has 26 heavy (non-hydrogen) atoms. The summed E-state index contributed by atoms with van der Waals surface area (Å²) >= 11 is 0. The molecule has 2 fully saturated rings. The van der Waals surface area contributed by atoms with E-state index in [4.69, 9.17) is 9.78 Å². The van der Waals surface area contributed by atoms with E-state index in [1.165, 1.54) is 0 Å². The van der Waals surface area contributed by atoms with Gasteiger partial charge >= 0.3 is 0 Å². The first-order valence-corrected chi connectivity index (χ1v) is 9.17. The number of nitriles is 1. The fourth-order valence-corrected chi connectivity index (χ4v) is 4.48. The zero-order valence-electron chi connectivity index (χ0n) is 15.4. The average molecular weight is 353 g/mol. The van der Waals surface area contributed by atoms with E-state index >= 15 is 0 Å². The molecule has 7 nitrogen and oxygen atoms in total. The van der Waals surface area contributed by atoms with E-state index < -0.39 is 0 Å². The lowest BCUT2D eigenvalue weighted by Crippen LogP contribution is -2.35.